The summed E-state index contributed by atoms with van der Waals surface area (Å²) in [7, 11) is 3.13. The first-order valence-electron chi connectivity index (χ1n) is 9.78. The van der Waals surface area contributed by atoms with Gasteiger partial charge in [0.15, 0.2) is 11.5 Å². The number of H-pyrrole nitrogens is 1. The Hall–Kier alpha value is -2.58. The molecule has 0 aliphatic carbocycles. The van der Waals surface area contributed by atoms with Gasteiger partial charge in [0.2, 0.25) is 0 Å². The summed E-state index contributed by atoms with van der Waals surface area (Å²) in [6.07, 6.45) is 0.279. The number of benzene rings is 1. The van der Waals surface area contributed by atoms with Gasteiger partial charge in [-0.2, -0.15) is 5.10 Å². The van der Waals surface area contributed by atoms with E-state index in [9.17, 15) is 9.90 Å². The number of nitrogens with one attached hydrogen (secondary N) is 1. The number of hydrogen-bond donors (Lipinski definition) is 2. The van der Waals surface area contributed by atoms with Crippen molar-refractivity contribution < 1.29 is 24.1 Å². The zero-order chi connectivity index (χ0) is 21.0. The maximum absolute atomic E-state index is 13.3. The molecule has 1 aromatic carbocycles. The first kappa shape index (κ1) is 21.1. The Morgan fingerprint density at radius 2 is 2.07 bits per heavy atom. The van der Waals surface area contributed by atoms with E-state index in [1.807, 2.05) is 12.1 Å². The Kier molecular flexibility index (Phi) is 6.76. The zero-order valence-corrected chi connectivity index (χ0v) is 17.3. The maximum atomic E-state index is 13.3. The molecule has 1 amide bonds. The average molecular weight is 403 g/mol. The molecule has 1 saturated heterocycles. The molecule has 29 heavy (non-hydrogen) atoms. The van der Waals surface area contributed by atoms with Gasteiger partial charge >= 0.3 is 0 Å². The van der Waals surface area contributed by atoms with Crippen molar-refractivity contribution in [2.24, 2.45) is 5.92 Å². The van der Waals surface area contributed by atoms with E-state index in [1.165, 1.54) is 0 Å². The highest BCUT2D eigenvalue weighted by molar-refractivity contribution is 5.92. The number of amides is 1. The molecule has 1 fully saturated rings. The number of carbonyl (C=O) groups is 1. The minimum absolute atomic E-state index is 0.196. The van der Waals surface area contributed by atoms with Crippen molar-refractivity contribution in [1.29, 1.82) is 0 Å². The van der Waals surface area contributed by atoms with Crippen molar-refractivity contribution in [1.82, 2.24) is 15.1 Å². The number of morpholine rings is 1. The quantitative estimate of drug-likeness (QED) is 0.736. The lowest BCUT2D eigenvalue weighted by Crippen LogP contribution is -2.49. The van der Waals surface area contributed by atoms with Gasteiger partial charge in [-0.05, 0) is 36.1 Å². The Morgan fingerprint density at radius 1 is 1.31 bits per heavy atom. The summed E-state index contributed by atoms with van der Waals surface area (Å²) in [5, 5.41) is 17.1. The van der Waals surface area contributed by atoms with E-state index in [1.54, 1.807) is 31.3 Å². The molecule has 1 aromatic heterocycles. The van der Waals surface area contributed by atoms with Gasteiger partial charge in [0.1, 0.15) is 11.8 Å². The normalized spacial score (nSPS) is 19.4. The number of hydrogen-bond acceptors (Lipinski definition) is 6. The second kappa shape index (κ2) is 9.28. The Labute approximate surface area is 170 Å². The molecule has 3 rings (SSSR count). The summed E-state index contributed by atoms with van der Waals surface area (Å²) in [4.78, 5) is 15.0. The van der Waals surface area contributed by atoms with Crippen molar-refractivity contribution in [3.05, 3.63) is 41.2 Å². The number of aliphatic hydroxyl groups excluding tert-OH is 1. The molecular weight excluding hydrogens is 374 g/mol. The summed E-state index contributed by atoms with van der Waals surface area (Å²) in [5.41, 5.74) is 2.09. The predicted molar refractivity (Wildman–Crippen MR) is 107 cm³/mol. The molecule has 0 spiro atoms. The summed E-state index contributed by atoms with van der Waals surface area (Å²) in [6.45, 7) is 4.78. The number of rotatable bonds is 7. The monoisotopic (exact) mass is 403 g/mol. The van der Waals surface area contributed by atoms with Crippen molar-refractivity contribution >= 4 is 5.91 Å². The van der Waals surface area contributed by atoms with Crippen LogP contribution in [0.4, 0.5) is 0 Å². The van der Waals surface area contributed by atoms with Crippen LogP contribution in [0.5, 0.6) is 11.5 Å². The van der Waals surface area contributed by atoms with E-state index in [2.05, 4.69) is 24.0 Å². The van der Waals surface area contributed by atoms with Crippen LogP contribution in [0.1, 0.15) is 41.6 Å². The topological polar surface area (TPSA) is 96.9 Å². The summed E-state index contributed by atoms with van der Waals surface area (Å²) in [6, 6.07) is 6.80. The fraction of sp³-hybridized carbons (Fsp3) is 0.524. The molecular formula is C21H29N3O5. The third kappa shape index (κ3) is 4.54. The molecule has 2 N–H and O–H groups in total. The van der Waals surface area contributed by atoms with Gasteiger partial charge in [-0.1, -0.05) is 19.9 Å². The highest BCUT2D eigenvalue weighted by atomic mass is 16.5. The molecule has 0 unspecified atom stereocenters. The first-order valence-corrected chi connectivity index (χ1v) is 9.78. The summed E-state index contributed by atoms with van der Waals surface area (Å²) in [5.74, 6) is 1.41. The fourth-order valence-electron chi connectivity index (χ4n) is 3.71. The van der Waals surface area contributed by atoms with Gasteiger partial charge in [0.25, 0.3) is 5.91 Å². The molecule has 0 saturated carbocycles. The zero-order valence-electron chi connectivity index (χ0n) is 17.3. The third-order valence-electron chi connectivity index (χ3n) is 5.02. The number of aromatic amines is 1. The lowest BCUT2D eigenvalue weighted by Gasteiger charge is -2.40. The second-order valence-corrected chi connectivity index (χ2v) is 7.53. The van der Waals surface area contributed by atoms with Crippen LogP contribution in [0.2, 0.25) is 0 Å². The van der Waals surface area contributed by atoms with E-state index in [4.69, 9.17) is 14.2 Å². The largest absolute Gasteiger partial charge is 0.493 e. The Balaban J connectivity index is 1.93. The maximum Gasteiger partial charge on any atom is 0.275 e. The molecule has 8 heteroatoms. The van der Waals surface area contributed by atoms with Crippen LogP contribution in [0, 0.1) is 5.92 Å². The lowest BCUT2D eigenvalue weighted by molar-refractivity contribution is -0.0813. The third-order valence-corrected chi connectivity index (χ3v) is 5.02. The number of aromatic nitrogens is 2. The highest BCUT2D eigenvalue weighted by Gasteiger charge is 2.37. The smallest absolute Gasteiger partial charge is 0.275 e. The van der Waals surface area contributed by atoms with Gasteiger partial charge in [-0.15, -0.1) is 0 Å². The van der Waals surface area contributed by atoms with Crippen molar-refractivity contribution in [2.45, 2.75) is 32.4 Å². The fourth-order valence-corrected chi connectivity index (χ4v) is 3.71. The van der Waals surface area contributed by atoms with Gasteiger partial charge in [0.05, 0.1) is 33.5 Å². The molecule has 8 nitrogen and oxygen atoms in total. The Bertz CT molecular complexity index is 835. The highest BCUT2D eigenvalue weighted by Crippen LogP contribution is 2.36. The van der Waals surface area contributed by atoms with Crippen molar-refractivity contribution in [3.63, 3.8) is 0 Å². The van der Waals surface area contributed by atoms with Gasteiger partial charge in [0, 0.05) is 12.2 Å². The molecule has 1 aliphatic rings. The van der Waals surface area contributed by atoms with Crippen LogP contribution in [0.25, 0.3) is 0 Å². The summed E-state index contributed by atoms with van der Waals surface area (Å²) < 4.78 is 16.5. The predicted octanol–water partition coefficient (Wildman–Crippen LogP) is 2.20. The Morgan fingerprint density at radius 3 is 2.72 bits per heavy atom. The van der Waals surface area contributed by atoms with Crippen LogP contribution in [0.15, 0.2) is 24.3 Å². The molecule has 0 radical (unpaired) electrons. The number of ether oxygens (including phenoxy) is 3. The van der Waals surface area contributed by atoms with Crippen LogP contribution < -0.4 is 9.47 Å². The van der Waals surface area contributed by atoms with Crippen molar-refractivity contribution in [2.75, 3.05) is 34.0 Å². The molecule has 158 valence electrons. The van der Waals surface area contributed by atoms with Gasteiger partial charge in [-0.3, -0.25) is 9.89 Å². The lowest BCUT2D eigenvalue weighted by atomic mass is 9.97. The average Bonchev–Trinajstić information content (AvgIpc) is 3.19. The van der Waals surface area contributed by atoms with Crippen LogP contribution in [-0.2, 0) is 11.2 Å². The van der Waals surface area contributed by atoms with Crippen LogP contribution in [-0.4, -0.2) is 66.2 Å². The minimum atomic E-state index is -0.542. The number of methoxy groups -OCH3 is 2. The molecule has 0 bridgehead atoms. The minimum Gasteiger partial charge on any atom is -0.493 e. The molecule has 2 atom stereocenters. The van der Waals surface area contributed by atoms with Crippen LogP contribution >= 0.6 is 0 Å². The van der Waals surface area contributed by atoms with Gasteiger partial charge < -0.3 is 24.2 Å². The van der Waals surface area contributed by atoms with E-state index >= 15 is 0 Å². The van der Waals surface area contributed by atoms with E-state index < -0.39 is 12.1 Å². The molecule has 2 aromatic rings. The molecule has 1 aliphatic heterocycles. The number of carbonyl (C=O) groups excluding carboxylic acids is 1. The number of aliphatic hydroxyl groups is 1. The van der Waals surface area contributed by atoms with Gasteiger partial charge in [-0.25, -0.2) is 0 Å². The first-order chi connectivity index (χ1) is 14.0. The second-order valence-electron chi connectivity index (χ2n) is 7.53. The van der Waals surface area contributed by atoms with E-state index in [-0.39, 0.29) is 12.5 Å². The SMILES string of the molecule is COc1ccc([C@@H]2[C@@H](CO)OCCN2C(=O)c2cc(CC(C)C)[nH]n2)cc1OC. The summed E-state index contributed by atoms with van der Waals surface area (Å²) >= 11 is 0. The van der Waals surface area contributed by atoms with E-state index in [0.29, 0.717) is 36.3 Å². The van der Waals surface area contributed by atoms with E-state index in [0.717, 1.165) is 17.7 Å². The molecule has 2 heterocycles. The van der Waals surface area contributed by atoms with Crippen molar-refractivity contribution in [3.8, 4) is 11.5 Å². The number of nitrogens with zero attached hydrogens (tertiary/aromatic N) is 2. The van der Waals surface area contributed by atoms with Crippen LogP contribution in [0.3, 0.4) is 0 Å². The standard InChI is InChI=1S/C21H29N3O5/c1-13(2)9-15-11-16(23-22-15)21(26)24-7-8-29-19(12-25)20(24)14-5-6-17(27-3)18(10-14)28-4/h5-6,10-11,13,19-20,25H,7-9,12H2,1-4H3,(H,22,23)/t19-,20-/m1/s1.